The Morgan fingerprint density at radius 2 is 2.00 bits per heavy atom. The fourth-order valence-electron chi connectivity index (χ4n) is 3.47. The van der Waals surface area contributed by atoms with E-state index < -0.39 is 0 Å². The minimum Gasteiger partial charge on any atom is -0.497 e. The van der Waals surface area contributed by atoms with Crippen LogP contribution in [0.2, 0.25) is 0 Å². The molecule has 1 amide bonds. The van der Waals surface area contributed by atoms with Crippen molar-refractivity contribution in [3.05, 3.63) is 35.3 Å². The van der Waals surface area contributed by atoms with Gasteiger partial charge in [0.15, 0.2) is 5.96 Å². The van der Waals surface area contributed by atoms with Crippen molar-refractivity contribution in [1.82, 2.24) is 20.5 Å². The molecule has 0 radical (unpaired) electrons. The molecule has 2 N–H and O–H groups in total. The number of rotatable bonds is 6. The average molecular weight is 543 g/mol. The summed E-state index contributed by atoms with van der Waals surface area (Å²) in [7, 11) is 5.17. The Hall–Kier alpha value is -1.88. The van der Waals surface area contributed by atoms with E-state index in [-0.39, 0.29) is 29.9 Å². The highest BCUT2D eigenvalue weighted by Gasteiger charge is 2.23. The number of carbonyl (C=O) groups excluding carboxylic acids is 1. The molecule has 1 aliphatic heterocycles. The van der Waals surface area contributed by atoms with E-state index >= 15 is 0 Å². The third kappa shape index (κ3) is 6.56. The molecule has 0 aliphatic carbocycles. The van der Waals surface area contributed by atoms with Crippen LogP contribution in [0, 0.1) is 5.92 Å². The third-order valence-electron chi connectivity index (χ3n) is 5.20. The molecule has 7 nitrogen and oxygen atoms in total. The predicted octanol–water partition coefficient (Wildman–Crippen LogP) is 3.36. The summed E-state index contributed by atoms with van der Waals surface area (Å²) >= 11 is 1.64. The second kappa shape index (κ2) is 12.1. The molecule has 2 heterocycles. The molecule has 1 aromatic heterocycles. The van der Waals surface area contributed by atoms with Gasteiger partial charge in [0.25, 0.3) is 0 Å². The highest BCUT2D eigenvalue weighted by Crippen LogP contribution is 2.26. The van der Waals surface area contributed by atoms with Gasteiger partial charge < -0.3 is 20.3 Å². The van der Waals surface area contributed by atoms with Gasteiger partial charge in [-0.05, 0) is 43.0 Å². The standard InChI is InChI=1S/C21H29N5O2S.HI/c1-22-19(27)12-15-8-10-26(11-9-15)21(23-2)24-13-17-14-29-20(25-17)16-4-6-18(28-3)7-5-16;/h4-7,14-15H,8-13H2,1-3H3,(H,22,27)(H,23,24);1H. The van der Waals surface area contributed by atoms with Crippen LogP contribution in [0.1, 0.15) is 25.0 Å². The maximum Gasteiger partial charge on any atom is 0.220 e. The number of nitrogens with one attached hydrogen (secondary N) is 2. The van der Waals surface area contributed by atoms with Gasteiger partial charge in [0.1, 0.15) is 10.8 Å². The smallest absolute Gasteiger partial charge is 0.220 e. The zero-order valence-electron chi connectivity index (χ0n) is 17.7. The van der Waals surface area contributed by atoms with Gasteiger partial charge in [-0.25, -0.2) is 4.98 Å². The van der Waals surface area contributed by atoms with Crippen LogP contribution in [0.25, 0.3) is 10.6 Å². The Bertz CT molecular complexity index is 832. The van der Waals surface area contributed by atoms with Crippen LogP contribution < -0.4 is 15.4 Å². The first-order chi connectivity index (χ1) is 14.1. The molecule has 0 spiro atoms. The van der Waals surface area contributed by atoms with E-state index in [9.17, 15) is 4.79 Å². The van der Waals surface area contributed by atoms with E-state index in [1.807, 2.05) is 31.3 Å². The van der Waals surface area contributed by atoms with E-state index in [1.165, 1.54) is 0 Å². The van der Waals surface area contributed by atoms with Crippen molar-refractivity contribution in [2.75, 3.05) is 34.3 Å². The molecule has 0 unspecified atom stereocenters. The van der Waals surface area contributed by atoms with E-state index in [2.05, 4.69) is 25.9 Å². The average Bonchev–Trinajstić information content (AvgIpc) is 3.24. The molecular weight excluding hydrogens is 513 g/mol. The van der Waals surface area contributed by atoms with Crippen LogP contribution in [-0.2, 0) is 11.3 Å². The van der Waals surface area contributed by atoms with Crippen molar-refractivity contribution >= 4 is 47.2 Å². The zero-order valence-corrected chi connectivity index (χ0v) is 20.8. The highest BCUT2D eigenvalue weighted by atomic mass is 127. The number of amides is 1. The molecule has 9 heteroatoms. The minimum atomic E-state index is 0. The van der Waals surface area contributed by atoms with Gasteiger partial charge in [0.05, 0.1) is 19.3 Å². The number of likely N-dealkylation sites (tertiary alicyclic amines) is 1. The van der Waals surface area contributed by atoms with Gasteiger partial charge in [-0.1, -0.05) is 0 Å². The molecule has 30 heavy (non-hydrogen) atoms. The molecule has 164 valence electrons. The summed E-state index contributed by atoms with van der Waals surface area (Å²) in [4.78, 5) is 23.0. The first kappa shape index (κ1) is 24.4. The lowest BCUT2D eigenvalue weighted by Crippen LogP contribution is -2.45. The summed E-state index contributed by atoms with van der Waals surface area (Å²) in [5.41, 5.74) is 2.08. The summed E-state index contributed by atoms with van der Waals surface area (Å²) in [6, 6.07) is 7.95. The van der Waals surface area contributed by atoms with Crippen LogP contribution in [-0.4, -0.2) is 56.0 Å². The number of piperidine rings is 1. The van der Waals surface area contributed by atoms with Crippen molar-refractivity contribution in [2.45, 2.75) is 25.8 Å². The Morgan fingerprint density at radius 1 is 1.30 bits per heavy atom. The molecule has 1 aromatic carbocycles. The van der Waals surface area contributed by atoms with Gasteiger partial charge in [-0.3, -0.25) is 9.79 Å². The van der Waals surface area contributed by atoms with Crippen molar-refractivity contribution in [2.24, 2.45) is 10.9 Å². The summed E-state index contributed by atoms with van der Waals surface area (Å²) in [5.74, 6) is 2.31. The van der Waals surface area contributed by atoms with E-state index in [0.717, 1.165) is 53.9 Å². The largest absolute Gasteiger partial charge is 0.497 e. The molecule has 0 atom stereocenters. The lowest BCUT2D eigenvalue weighted by atomic mass is 9.93. The first-order valence-corrected chi connectivity index (χ1v) is 10.8. The lowest BCUT2D eigenvalue weighted by molar-refractivity contribution is -0.121. The number of hydrogen-bond acceptors (Lipinski definition) is 5. The highest BCUT2D eigenvalue weighted by molar-refractivity contribution is 14.0. The molecule has 1 saturated heterocycles. The molecule has 2 aromatic rings. The minimum absolute atomic E-state index is 0. The third-order valence-corrected chi connectivity index (χ3v) is 6.14. The van der Waals surface area contributed by atoms with Gasteiger partial charge in [-0.2, -0.15) is 0 Å². The number of benzene rings is 1. The molecule has 0 saturated carbocycles. The summed E-state index contributed by atoms with van der Waals surface area (Å²) in [5, 5.41) is 9.21. The number of ether oxygens (including phenoxy) is 1. The van der Waals surface area contributed by atoms with Gasteiger partial charge >= 0.3 is 0 Å². The molecule has 3 rings (SSSR count). The van der Waals surface area contributed by atoms with Crippen LogP contribution in [0.3, 0.4) is 0 Å². The maximum absolute atomic E-state index is 11.6. The van der Waals surface area contributed by atoms with E-state index in [0.29, 0.717) is 18.9 Å². The monoisotopic (exact) mass is 543 g/mol. The van der Waals surface area contributed by atoms with Crippen LogP contribution in [0.15, 0.2) is 34.6 Å². The van der Waals surface area contributed by atoms with Crippen LogP contribution >= 0.6 is 35.3 Å². The van der Waals surface area contributed by atoms with Gasteiger partial charge in [0.2, 0.25) is 5.91 Å². The maximum atomic E-state index is 11.6. The van der Waals surface area contributed by atoms with Gasteiger partial charge in [-0.15, -0.1) is 35.3 Å². The number of halogens is 1. The number of nitrogens with zero attached hydrogens (tertiary/aromatic N) is 3. The van der Waals surface area contributed by atoms with Gasteiger partial charge in [0, 0.05) is 44.5 Å². The molecule has 0 bridgehead atoms. The number of thiazole rings is 1. The molecular formula is C21H30IN5O2S. The van der Waals surface area contributed by atoms with Crippen LogP contribution in [0.4, 0.5) is 0 Å². The topological polar surface area (TPSA) is 78.9 Å². The first-order valence-electron chi connectivity index (χ1n) is 9.88. The fraction of sp³-hybridized carbons (Fsp3) is 0.476. The van der Waals surface area contributed by atoms with Crippen molar-refractivity contribution in [1.29, 1.82) is 0 Å². The van der Waals surface area contributed by atoms with Crippen molar-refractivity contribution in [3.8, 4) is 16.3 Å². The van der Waals surface area contributed by atoms with E-state index in [4.69, 9.17) is 9.72 Å². The number of guanidine groups is 1. The van der Waals surface area contributed by atoms with E-state index in [1.54, 1.807) is 25.5 Å². The Labute approximate surface area is 199 Å². The fourth-order valence-corrected chi connectivity index (χ4v) is 4.30. The second-order valence-corrected chi connectivity index (χ2v) is 7.94. The number of aromatic nitrogens is 1. The Balaban J connectivity index is 0.00000320. The number of hydrogen-bond donors (Lipinski definition) is 2. The normalized spacial score (nSPS) is 14.8. The predicted molar refractivity (Wildman–Crippen MR) is 133 cm³/mol. The Kier molecular flexibility index (Phi) is 9.83. The lowest BCUT2D eigenvalue weighted by Gasteiger charge is -2.34. The summed E-state index contributed by atoms with van der Waals surface area (Å²) < 4.78 is 5.21. The summed E-state index contributed by atoms with van der Waals surface area (Å²) in [6.07, 6.45) is 2.63. The molecule has 1 aliphatic rings. The summed E-state index contributed by atoms with van der Waals surface area (Å²) in [6.45, 7) is 2.46. The second-order valence-electron chi connectivity index (χ2n) is 7.08. The van der Waals surface area contributed by atoms with Crippen molar-refractivity contribution in [3.63, 3.8) is 0 Å². The number of methoxy groups -OCH3 is 1. The Morgan fingerprint density at radius 3 is 2.60 bits per heavy atom. The van der Waals surface area contributed by atoms with Crippen molar-refractivity contribution < 1.29 is 9.53 Å². The van der Waals surface area contributed by atoms with Crippen LogP contribution in [0.5, 0.6) is 5.75 Å². The quantitative estimate of drug-likeness (QED) is 0.332. The SMILES string of the molecule is CN=C(NCc1csc(-c2ccc(OC)cc2)n1)N1CCC(CC(=O)NC)CC1.I. The molecule has 1 fully saturated rings. The zero-order chi connectivity index (χ0) is 20.6. The number of aliphatic imine (C=N–C) groups is 1. The number of carbonyl (C=O) groups is 1.